The van der Waals surface area contributed by atoms with Crippen molar-refractivity contribution in [2.75, 3.05) is 25.1 Å². The Morgan fingerprint density at radius 2 is 2.38 bits per heavy atom. The lowest BCUT2D eigenvalue weighted by Crippen LogP contribution is -2.33. The molecule has 0 amide bonds. The van der Waals surface area contributed by atoms with Crippen LogP contribution < -0.4 is 5.32 Å². The van der Waals surface area contributed by atoms with Gasteiger partial charge >= 0.3 is 0 Å². The fourth-order valence-electron chi connectivity index (χ4n) is 1.20. The minimum Gasteiger partial charge on any atom is -0.381 e. The summed E-state index contributed by atoms with van der Waals surface area (Å²) in [7, 11) is 0. The Morgan fingerprint density at radius 1 is 1.54 bits per heavy atom. The van der Waals surface area contributed by atoms with Crippen LogP contribution in [0.1, 0.15) is 5.69 Å². The van der Waals surface area contributed by atoms with Crippen molar-refractivity contribution < 1.29 is 4.74 Å². The van der Waals surface area contributed by atoms with E-state index < -0.39 is 0 Å². The largest absolute Gasteiger partial charge is 0.381 e. The van der Waals surface area contributed by atoms with E-state index in [1.165, 1.54) is 0 Å². The van der Waals surface area contributed by atoms with Gasteiger partial charge in [0.1, 0.15) is 12.1 Å². The van der Waals surface area contributed by atoms with Crippen molar-refractivity contribution in [3.05, 3.63) is 18.1 Å². The smallest absolute Gasteiger partial charge is 0.129 e. The summed E-state index contributed by atoms with van der Waals surface area (Å²) in [6.45, 7) is 4.64. The highest BCUT2D eigenvalue weighted by molar-refractivity contribution is 5.34. The van der Waals surface area contributed by atoms with Crippen LogP contribution in [0, 0.1) is 12.8 Å². The number of nitrogens with zero attached hydrogens (tertiary/aromatic N) is 2. The Morgan fingerprint density at radius 3 is 3.00 bits per heavy atom. The van der Waals surface area contributed by atoms with E-state index in [9.17, 15) is 0 Å². The zero-order chi connectivity index (χ0) is 9.10. The summed E-state index contributed by atoms with van der Waals surface area (Å²) in [5.41, 5.74) is 0.988. The van der Waals surface area contributed by atoms with Gasteiger partial charge in [-0.15, -0.1) is 0 Å². The van der Waals surface area contributed by atoms with E-state index in [1.807, 2.05) is 13.0 Å². The third-order valence-corrected chi connectivity index (χ3v) is 2.08. The van der Waals surface area contributed by atoms with Crippen LogP contribution in [-0.2, 0) is 4.74 Å². The summed E-state index contributed by atoms with van der Waals surface area (Å²) >= 11 is 0. The maximum atomic E-state index is 5.07. The lowest BCUT2D eigenvalue weighted by molar-refractivity contribution is -0.0248. The zero-order valence-electron chi connectivity index (χ0n) is 7.66. The van der Waals surface area contributed by atoms with Crippen molar-refractivity contribution in [1.82, 2.24) is 9.97 Å². The Kier molecular flexibility index (Phi) is 2.40. The molecule has 0 bridgehead atoms. The third kappa shape index (κ3) is 2.15. The number of aromatic nitrogens is 2. The summed E-state index contributed by atoms with van der Waals surface area (Å²) in [5.74, 6) is 1.55. The molecule has 1 aromatic rings. The summed E-state index contributed by atoms with van der Waals surface area (Å²) in [5, 5.41) is 3.26. The maximum Gasteiger partial charge on any atom is 0.129 e. The molecule has 4 nitrogen and oxygen atoms in total. The van der Waals surface area contributed by atoms with Gasteiger partial charge in [-0.05, 0) is 6.92 Å². The highest BCUT2D eigenvalue weighted by Gasteiger charge is 2.17. The molecule has 1 fully saturated rings. The molecule has 1 aliphatic heterocycles. The summed E-state index contributed by atoms with van der Waals surface area (Å²) < 4.78 is 5.07. The summed E-state index contributed by atoms with van der Waals surface area (Å²) in [6, 6.07) is 1.94. The highest BCUT2D eigenvalue weighted by Crippen LogP contribution is 2.11. The summed E-state index contributed by atoms with van der Waals surface area (Å²) in [4.78, 5) is 8.13. The molecule has 2 rings (SSSR count). The number of aryl methyl sites for hydroxylation is 1. The molecule has 0 unspecified atom stereocenters. The Balaban J connectivity index is 1.86. The van der Waals surface area contributed by atoms with Crippen molar-refractivity contribution >= 4 is 5.82 Å². The number of nitrogens with one attached hydrogen (secondary N) is 1. The zero-order valence-corrected chi connectivity index (χ0v) is 7.66. The lowest BCUT2D eigenvalue weighted by Gasteiger charge is -2.26. The third-order valence-electron chi connectivity index (χ3n) is 2.08. The van der Waals surface area contributed by atoms with Gasteiger partial charge in [-0.3, -0.25) is 0 Å². The average molecular weight is 179 g/mol. The monoisotopic (exact) mass is 179 g/mol. The molecule has 1 saturated heterocycles. The molecule has 0 aromatic carbocycles. The van der Waals surface area contributed by atoms with Crippen LogP contribution in [0.2, 0.25) is 0 Å². The van der Waals surface area contributed by atoms with Crippen LogP contribution in [0.5, 0.6) is 0 Å². The first-order chi connectivity index (χ1) is 6.34. The fraction of sp³-hybridized carbons (Fsp3) is 0.556. The minimum atomic E-state index is 0.648. The van der Waals surface area contributed by atoms with Crippen LogP contribution in [0.3, 0.4) is 0 Å². The maximum absolute atomic E-state index is 5.07. The van der Waals surface area contributed by atoms with E-state index in [-0.39, 0.29) is 0 Å². The second-order valence-corrected chi connectivity index (χ2v) is 3.33. The van der Waals surface area contributed by atoms with Crippen LogP contribution in [0.25, 0.3) is 0 Å². The molecule has 1 aliphatic rings. The van der Waals surface area contributed by atoms with Gasteiger partial charge in [-0.25, -0.2) is 9.97 Å². The normalized spacial score (nSPS) is 16.7. The van der Waals surface area contributed by atoms with Gasteiger partial charge < -0.3 is 10.1 Å². The quantitative estimate of drug-likeness (QED) is 0.747. The molecule has 0 saturated carbocycles. The second-order valence-electron chi connectivity index (χ2n) is 3.33. The number of rotatable bonds is 3. The van der Waals surface area contributed by atoms with Gasteiger partial charge in [0, 0.05) is 24.2 Å². The van der Waals surface area contributed by atoms with Crippen LogP contribution in [0.15, 0.2) is 12.4 Å². The van der Waals surface area contributed by atoms with Gasteiger partial charge in [0.2, 0.25) is 0 Å². The first-order valence-corrected chi connectivity index (χ1v) is 4.45. The Hall–Kier alpha value is -1.16. The van der Waals surface area contributed by atoms with E-state index in [0.29, 0.717) is 5.92 Å². The number of hydrogen-bond acceptors (Lipinski definition) is 4. The first kappa shape index (κ1) is 8.44. The molecule has 0 radical (unpaired) electrons. The SMILES string of the molecule is Cc1cc(NCC2COC2)ncn1. The molecule has 1 aromatic heterocycles. The predicted molar refractivity (Wildman–Crippen MR) is 49.6 cm³/mol. The topological polar surface area (TPSA) is 47.0 Å². The molecule has 13 heavy (non-hydrogen) atoms. The second kappa shape index (κ2) is 3.70. The van der Waals surface area contributed by atoms with Gasteiger partial charge in [0.15, 0.2) is 0 Å². The van der Waals surface area contributed by atoms with Crippen molar-refractivity contribution in [1.29, 1.82) is 0 Å². The fourth-order valence-corrected chi connectivity index (χ4v) is 1.20. The van der Waals surface area contributed by atoms with Crippen LogP contribution >= 0.6 is 0 Å². The molecular formula is C9H13N3O. The number of hydrogen-bond donors (Lipinski definition) is 1. The standard InChI is InChI=1S/C9H13N3O/c1-7-2-9(12-6-11-7)10-3-8-4-13-5-8/h2,6,8H,3-5H2,1H3,(H,10,11,12). The molecule has 0 aliphatic carbocycles. The van der Waals surface area contributed by atoms with Gasteiger partial charge in [-0.2, -0.15) is 0 Å². The van der Waals surface area contributed by atoms with Gasteiger partial charge in [0.05, 0.1) is 13.2 Å². The molecular weight excluding hydrogens is 166 g/mol. The Bertz CT molecular complexity index is 286. The highest BCUT2D eigenvalue weighted by atomic mass is 16.5. The molecule has 0 spiro atoms. The first-order valence-electron chi connectivity index (χ1n) is 4.45. The van der Waals surface area contributed by atoms with Crippen molar-refractivity contribution in [2.24, 2.45) is 5.92 Å². The number of anilines is 1. The van der Waals surface area contributed by atoms with Crippen molar-refractivity contribution in [2.45, 2.75) is 6.92 Å². The molecule has 1 N–H and O–H groups in total. The van der Waals surface area contributed by atoms with E-state index in [0.717, 1.165) is 31.3 Å². The lowest BCUT2D eigenvalue weighted by atomic mass is 10.1. The molecule has 70 valence electrons. The van der Waals surface area contributed by atoms with Crippen LogP contribution in [0.4, 0.5) is 5.82 Å². The van der Waals surface area contributed by atoms with Gasteiger partial charge in [0.25, 0.3) is 0 Å². The van der Waals surface area contributed by atoms with E-state index in [2.05, 4.69) is 15.3 Å². The van der Waals surface area contributed by atoms with E-state index >= 15 is 0 Å². The Labute approximate surface area is 77.4 Å². The average Bonchev–Trinajstić information content (AvgIpc) is 2.01. The van der Waals surface area contributed by atoms with E-state index in [4.69, 9.17) is 4.74 Å². The minimum absolute atomic E-state index is 0.648. The molecule has 0 atom stereocenters. The van der Waals surface area contributed by atoms with Crippen molar-refractivity contribution in [3.8, 4) is 0 Å². The van der Waals surface area contributed by atoms with E-state index in [1.54, 1.807) is 6.33 Å². The number of ether oxygens (including phenoxy) is 1. The summed E-state index contributed by atoms with van der Waals surface area (Å²) in [6.07, 6.45) is 1.58. The predicted octanol–water partition coefficient (Wildman–Crippen LogP) is 0.843. The van der Waals surface area contributed by atoms with Crippen LogP contribution in [-0.4, -0.2) is 29.7 Å². The van der Waals surface area contributed by atoms with Gasteiger partial charge in [-0.1, -0.05) is 0 Å². The van der Waals surface area contributed by atoms with Crippen molar-refractivity contribution in [3.63, 3.8) is 0 Å². The molecule has 2 heterocycles. The molecule has 4 heteroatoms.